The van der Waals surface area contributed by atoms with E-state index in [1.54, 1.807) is 11.2 Å². The molecule has 0 saturated carbocycles. The molecule has 9 heteroatoms. The minimum Gasteiger partial charge on any atom is -0.354 e. The van der Waals surface area contributed by atoms with E-state index < -0.39 is 0 Å². The fraction of sp³-hybridized carbons (Fsp3) is 0.458. The molecule has 2 aliphatic heterocycles. The molecule has 5 heterocycles. The van der Waals surface area contributed by atoms with Crippen LogP contribution >= 0.6 is 0 Å². The Kier molecular flexibility index (Phi) is 5.57. The number of fused-ring (bicyclic) bond motifs is 1. The van der Waals surface area contributed by atoms with Gasteiger partial charge in [0, 0.05) is 30.7 Å². The summed E-state index contributed by atoms with van der Waals surface area (Å²) in [5.41, 5.74) is 9.36. The molecule has 0 aromatic carbocycles. The van der Waals surface area contributed by atoms with Gasteiger partial charge in [-0.1, -0.05) is 13.0 Å². The molecule has 2 aliphatic rings. The molecule has 5 rings (SSSR count). The first-order valence-corrected chi connectivity index (χ1v) is 11.7. The highest BCUT2D eigenvalue weighted by atomic mass is 16.2. The van der Waals surface area contributed by atoms with E-state index in [1.165, 1.54) is 0 Å². The number of nitrogens with zero attached hydrogens (tertiary/aromatic N) is 7. The third-order valence-corrected chi connectivity index (χ3v) is 6.53. The van der Waals surface area contributed by atoms with Gasteiger partial charge in [0.15, 0.2) is 5.82 Å². The number of nitrogens with two attached hydrogens (primary N) is 1. The first kappa shape index (κ1) is 21.5. The van der Waals surface area contributed by atoms with Gasteiger partial charge in [-0.05, 0) is 51.3 Å². The summed E-state index contributed by atoms with van der Waals surface area (Å²) in [5.74, 6) is 2.07. The number of carbonyl (C=O) groups is 1. The van der Waals surface area contributed by atoms with Crippen molar-refractivity contribution in [3.8, 4) is 11.5 Å². The van der Waals surface area contributed by atoms with Gasteiger partial charge in [0.25, 0.3) is 5.91 Å². The smallest absolute Gasteiger partial charge is 0.260 e. The maximum absolute atomic E-state index is 13.6. The van der Waals surface area contributed by atoms with Crippen LogP contribution in [0.3, 0.4) is 0 Å². The van der Waals surface area contributed by atoms with Crippen molar-refractivity contribution in [3.63, 3.8) is 0 Å². The Bertz CT molecular complexity index is 1190. The number of carbonyl (C=O) groups excluding carboxylic acids is 1. The van der Waals surface area contributed by atoms with Crippen LogP contribution in [-0.2, 0) is 13.1 Å². The van der Waals surface area contributed by atoms with Gasteiger partial charge in [-0.2, -0.15) is 0 Å². The second-order valence-electron chi connectivity index (χ2n) is 8.99. The van der Waals surface area contributed by atoms with Crippen LogP contribution in [0.1, 0.15) is 67.7 Å². The summed E-state index contributed by atoms with van der Waals surface area (Å²) < 4.78 is 1.98. The van der Waals surface area contributed by atoms with Gasteiger partial charge in [-0.3, -0.25) is 9.69 Å². The highest BCUT2D eigenvalue weighted by Gasteiger charge is 2.35. The summed E-state index contributed by atoms with van der Waals surface area (Å²) in [6.07, 6.45) is 4.94. The molecule has 33 heavy (non-hydrogen) atoms. The van der Waals surface area contributed by atoms with Gasteiger partial charge in [-0.25, -0.2) is 9.97 Å². The molecule has 0 bridgehead atoms. The van der Waals surface area contributed by atoms with E-state index in [2.05, 4.69) is 28.9 Å². The zero-order valence-corrected chi connectivity index (χ0v) is 19.4. The zero-order chi connectivity index (χ0) is 23.1. The molecule has 3 aromatic rings. The Morgan fingerprint density at radius 1 is 1.24 bits per heavy atom. The number of amides is 1. The normalized spacial score (nSPS) is 18.8. The molecule has 2 N–H and O–H groups in total. The van der Waals surface area contributed by atoms with E-state index in [0.717, 1.165) is 49.4 Å². The van der Waals surface area contributed by atoms with Gasteiger partial charge in [0.2, 0.25) is 0 Å². The van der Waals surface area contributed by atoms with Crippen LogP contribution < -0.4 is 15.5 Å². The molecular formula is C24H30N8O. The van der Waals surface area contributed by atoms with Gasteiger partial charge in [0.05, 0.1) is 17.8 Å². The van der Waals surface area contributed by atoms with Crippen LogP contribution in [0.25, 0.3) is 11.5 Å². The van der Waals surface area contributed by atoms with Crippen LogP contribution in [-0.4, -0.2) is 43.2 Å². The monoisotopic (exact) mass is 446 g/mol. The van der Waals surface area contributed by atoms with Crippen molar-refractivity contribution in [2.24, 2.45) is 5.73 Å². The maximum atomic E-state index is 13.6. The number of aryl methyl sites for hydroxylation is 1. The van der Waals surface area contributed by atoms with Crippen LogP contribution in [0.5, 0.6) is 0 Å². The predicted molar refractivity (Wildman–Crippen MR) is 127 cm³/mol. The van der Waals surface area contributed by atoms with E-state index >= 15 is 0 Å². The number of rotatable bonds is 6. The summed E-state index contributed by atoms with van der Waals surface area (Å²) in [5, 5.41) is 8.29. The minimum absolute atomic E-state index is 0.0675. The molecular weight excluding hydrogens is 416 g/mol. The van der Waals surface area contributed by atoms with Crippen LogP contribution in [0, 0.1) is 0 Å². The second kappa shape index (κ2) is 8.55. The molecule has 1 saturated heterocycles. The maximum Gasteiger partial charge on any atom is 0.260 e. The summed E-state index contributed by atoms with van der Waals surface area (Å²) in [6, 6.07) is 7.73. The SMILES string of the molecule is CCCn1cnnc1-c1cccc(N2Cc3c(cc(N4CCC[C@H]4C)nc3[C@@H](C)N)C2=O)n1. The van der Waals surface area contributed by atoms with E-state index in [0.29, 0.717) is 35.5 Å². The van der Waals surface area contributed by atoms with Gasteiger partial charge in [-0.15, -0.1) is 10.2 Å². The third-order valence-electron chi connectivity index (χ3n) is 6.53. The number of pyridine rings is 2. The average molecular weight is 447 g/mol. The molecule has 3 aromatic heterocycles. The Morgan fingerprint density at radius 3 is 2.82 bits per heavy atom. The van der Waals surface area contributed by atoms with E-state index in [9.17, 15) is 4.79 Å². The summed E-state index contributed by atoms with van der Waals surface area (Å²) >= 11 is 0. The van der Waals surface area contributed by atoms with Crippen molar-refractivity contribution in [2.45, 2.75) is 65.2 Å². The fourth-order valence-electron chi connectivity index (χ4n) is 4.85. The summed E-state index contributed by atoms with van der Waals surface area (Å²) in [4.78, 5) is 27.2. The lowest BCUT2D eigenvalue weighted by Gasteiger charge is -2.24. The molecule has 1 fully saturated rings. The zero-order valence-electron chi connectivity index (χ0n) is 19.4. The van der Waals surface area contributed by atoms with Crippen LogP contribution in [0.4, 0.5) is 11.6 Å². The van der Waals surface area contributed by atoms with Crippen molar-refractivity contribution >= 4 is 17.5 Å². The minimum atomic E-state index is -0.267. The highest BCUT2D eigenvalue weighted by Crippen LogP contribution is 2.35. The molecule has 0 unspecified atom stereocenters. The third kappa shape index (κ3) is 3.76. The average Bonchev–Trinajstić information content (AvgIpc) is 3.53. The number of anilines is 2. The van der Waals surface area contributed by atoms with Crippen molar-refractivity contribution in [1.29, 1.82) is 0 Å². The Labute approximate surface area is 193 Å². The van der Waals surface area contributed by atoms with Crippen LogP contribution in [0.2, 0.25) is 0 Å². The molecule has 0 aliphatic carbocycles. The van der Waals surface area contributed by atoms with Crippen molar-refractivity contribution in [3.05, 3.63) is 47.4 Å². The van der Waals surface area contributed by atoms with E-state index in [1.807, 2.05) is 35.8 Å². The van der Waals surface area contributed by atoms with Crippen molar-refractivity contribution < 1.29 is 4.79 Å². The molecule has 172 valence electrons. The first-order valence-electron chi connectivity index (χ1n) is 11.7. The fourth-order valence-corrected chi connectivity index (χ4v) is 4.85. The van der Waals surface area contributed by atoms with E-state index in [-0.39, 0.29) is 11.9 Å². The van der Waals surface area contributed by atoms with Gasteiger partial charge < -0.3 is 15.2 Å². The standard InChI is InChI=1S/C24H30N8O/c1-4-10-30-14-26-29-23(30)19-8-5-9-20(27-19)32-13-18-17(24(32)33)12-21(28-22(18)16(3)25)31-11-6-7-15(31)2/h5,8-9,12,14-16H,4,6-7,10-11,13,25H2,1-3H3/t15-,16-/m1/s1. The summed E-state index contributed by atoms with van der Waals surface area (Å²) in [6.45, 7) is 8.40. The first-order chi connectivity index (χ1) is 16.0. The molecule has 0 spiro atoms. The Hall–Kier alpha value is -3.33. The molecule has 0 radical (unpaired) electrons. The summed E-state index contributed by atoms with van der Waals surface area (Å²) in [7, 11) is 0. The quantitative estimate of drug-likeness (QED) is 0.619. The largest absolute Gasteiger partial charge is 0.354 e. The van der Waals surface area contributed by atoms with Crippen molar-refractivity contribution in [1.82, 2.24) is 24.7 Å². The van der Waals surface area contributed by atoms with Gasteiger partial charge >= 0.3 is 0 Å². The molecule has 1 amide bonds. The Balaban J connectivity index is 1.51. The van der Waals surface area contributed by atoms with Crippen LogP contribution in [0.15, 0.2) is 30.6 Å². The lowest BCUT2D eigenvalue weighted by Crippen LogP contribution is -2.28. The second-order valence-corrected chi connectivity index (χ2v) is 8.99. The lowest BCUT2D eigenvalue weighted by molar-refractivity contribution is 0.0996. The number of hydrogen-bond acceptors (Lipinski definition) is 7. The highest BCUT2D eigenvalue weighted by molar-refractivity contribution is 6.10. The van der Waals surface area contributed by atoms with Gasteiger partial charge in [0.1, 0.15) is 23.7 Å². The van der Waals surface area contributed by atoms with Crippen molar-refractivity contribution in [2.75, 3.05) is 16.3 Å². The number of aromatic nitrogens is 5. The topological polar surface area (TPSA) is 106 Å². The Morgan fingerprint density at radius 2 is 2.09 bits per heavy atom. The lowest BCUT2D eigenvalue weighted by atomic mass is 10.0. The predicted octanol–water partition coefficient (Wildman–Crippen LogP) is 3.31. The molecule has 9 nitrogen and oxygen atoms in total. The van der Waals surface area contributed by atoms with E-state index in [4.69, 9.17) is 15.7 Å². The molecule has 2 atom stereocenters. The number of hydrogen-bond donors (Lipinski definition) is 1.